The Morgan fingerprint density at radius 3 is 2.66 bits per heavy atom. The first-order chi connectivity index (χ1) is 16.7. The maximum absolute atomic E-state index is 13.3. The van der Waals surface area contributed by atoms with E-state index in [0.29, 0.717) is 24.2 Å². The van der Waals surface area contributed by atoms with E-state index in [0.717, 1.165) is 18.0 Å². The molecule has 3 aromatic rings. The fourth-order valence-electron chi connectivity index (χ4n) is 3.61. The molecular formula is C24H19F3N5O3+. The highest BCUT2D eigenvalue weighted by atomic mass is 19.4. The molecule has 0 spiro atoms. The molecule has 0 N–H and O–H groups in total. The van der Waals surface area contributed by atoms with E-state index >= 15 is 0 Å². The number of halogens is 3. The van der Waals surface area contributed by atoms with Crippen molar-refractivity contribution < 1.29 is 22.6 Å². The van der Waals surface area contributed by atoms with Gasteiger partial charge in [0.05, 0.1) is 17.2 Å². The van der Waals surface area contributed by atoms with Crippen LogP contribution >= 0.6 is 0 Å². The number of benzene rings is 2. The molecule has 0 aliphatic carbocycles. The van der Waals surface area contributed by atoms with Gasteiger partial charge in [-0.2, -0.15) is 23.4 Å². The maximum atomic E-state index is 13.3. The fourth-order valence-corrected chi connectivity index (χ4v) is 3.61. The Morgan fingerprint density at radius 1 is 1.14 bits per heavy atom. The molecule has 0 saturated heterocycles. The van der Waals surface area contributed by atoms with Crippen molar-refractivity contribution in [2.45, 2.75) is 19.3 Å². The number of hydrogen-bond acceptors (Lipinski definition) is 6. The van der Waals surface area contributed by atoms with E-state index < -0.39 is 23.0 Å². The molecule has 4 rings (SSSR count). The van der Waals surface area contributed by atoms with Crippen LogP contribution in [0.25, 0.3) is 4.85 Å². The molecule has 0 amide bonds. The van der Waals surface area contributed by atoms with Crippen molar-refractivity contribution >= 4 is 5.82 Å². The molecule has 0 fully saturated rings. The zero-order valence-electron chi connectivity index (χ0n) is 18.8. The molecule has 178 valence electrons. The van der Waals surface area contributed by atoms with Crippen LogP contribution in [0.3, 0.4) is 0 Å². The van der Waals surface area contributed by atoms with Crippen molar-refractivity contribution in [2.75, 3.05) is 25.5 Å². The summed E-state index contributed by atoms with van der Waals surface area (Å²) in [5, 5.41) is 8.96. The lowest BCUT2D eigenvalue weighted by atomic mass is 10.1. The first-order valence-corrected chi connectivity index (χ1v) is 10.4. The van der Waals surface area contributed by atoms with Gasteiger partial charge >= 0.3 is 17.9 Å². The summed E-state index contributed by atoms with van der Waals surface area (Å²) in [6.07, 6.45) is -4.70. The zero-order chi connectivity index (χ0) is 25.2. The SMILES string of the molecule is C[N+]#Cc1cc(COc2cc3n(c(=O)n2)CCN3C)ccc1Oc1ccc(C#N)c(C(F)(F)F)c1. The molecule has 1 aliphatic rings. The van der Waals surface area contributed by atoms with E-state index in [2.05, 4.69) is 15.9 Å². The molecule has 0 saturated carbocycles. The second kappa shape index (κ2) is 9.39. The van der Waals surface area contributed by atoms with Crippen molar-refractivity contribution in [3.63, 3.8) is 0 Å². The van der Waals surface area contributed by atoms with Crippen molar-refractivity contribution in [1.82, 2.24) is 9.55 Å². The Hall–Kier alpha value is -4.51. The van der Waals surface area contributed by atoms with E-state index in [-0.39, 0.29) is 24.0 Å². The van der Waals surface area contributed by atoms with Crippen LogP contribution in [0, 0.1) is 17.4 Å². The van der Waals surface area contributed by atoms with Crippen molar-refractivity contribution in [1.29, 1.82) is 5.26 Å². The number of fused-ring (bicyclic) bond motifs is 1. The number of hydrogen-bond donors (Lipinski definition) is 0. The quantitative estimate of drug-likeness (QED) is 0.540. The van der Waals surface area contributed by atoms with E-state index in [1.165, 1.54) is 19.2 Å². The average Bonchev–Trinajstić information content (AvgIpc) is 3.20. The number of nitrogens with zero attached hydrogens (tertiary/aromatic N) is 5. The lowest BCUT2D eigenvalue weighted by Gasteiger charge is -2.13. The normalized spacial score (nSPS) is 12.4. The van der Waals surface area contributed by atoms with Crippen LogP contribution in [0.5, 0.6) is 17.4 Å². The highest BCUT2D eigenvalue weighted by molar-refractivity contribution is 5.51. The predicted molar refractivity (Wildman–Crippen MR) is 121 cm³/mol. The highest BCUT2D eigenvalue weighted by Crippen LogP contribution is 2.36. The number of alkyl halides is 3. The van der Waals surface area contributed by atoms with Gasteiger partial charge in [0.1, 0.15) is 29.5 Å². The van der Waals surface area contributed by atoms with Crippen LogP contribution in [-0.2, 0) is 19.3 Å². The number of rotatable bonds is 5. The molecule has 2 aromatic carbocycles. The van der Waals surface area contributed by atoms with Gasteiger partial charge in [-0.3, -0.25) is 4.57 Å². The van der Waals surface area contributed by atoms with Crippen LogP contribution < -0.4 is 20.1 Å². The van der Waals surface area contributed by atoms with Crippen LogP contribution in [0.15, 0.2) is 47.3 Å². The zero-order valence-corrected chi connectivity index (χ0v) is 18.8. The first-order valence-electron chi connectivity index (χ1n) is 10.4. The Balaban J connectivity index is 1.56. The number of anilines is 1. The van der Waals surface area contributed by atoms with Gasteiger partial charge in [-0.05, 0) is 35.9 Å². The molecule has 0 bridgehead atoms. The molecule has 35 heavy (non-hydrogen) atoms. The third-order valence-corrected chi connectivity index (χ3v) is 5.32. The molecule has 8 nitrogen and oxygen atoms in total. The third-order valence-electron chi connectivity index (χ3n) is 5.32. The molecule has 0 unspecified atom stereocenters. The Bertz CT molecular complexity index is 1450. The van der Waals surface area contributed by atoms with E-state index in [4.69, 9.17) is 14.7 Å². The summed E-state index contributed by atoms with van der Waals surface area (Å²) in [5.74, 6) is 1.03. The van der Waals surface area contributed by atoms with Gasteiger partial charge in [0.25, 0.3) is 7.05 Å². The Labute approximate surface area is 198 Å². The minimum absolute atomic E-state index is 0.0768. The standard InChI is InChI=1S/C24H19F3N5O3/c1-29-13-17-9-15(14-34-21-11-22-31(2)7-8-32(22)23(33)30-21)3-6-20(17)35-18-5-4-16(12-28)19(10-18)24(25,26)27/h3-6,9-11H,7-8,14H2,1-2H3/q+1. The minimum Gasteiger partial charge on any atom is -0.473 e. The van der Waals surface area contributed by atoms with Crippen molar-refractivity contribution in [3.8, 4) is 29.5 Å². The smallest absolute Gasteiger partial charge is 0.417 e. The van der Waals surface area contributed by atoms with Gasteiger partial charge in [0.2, 0.25) is 5.88 Å². The molecule has 11 heteroatoms. The molecule has 0 atom stereocenters. The number of likely N-dealkylation sites (N-methyl/N-ethyl adjacent to an activating group) is 1. The third kappa shape index (κ3) is 5.04. The summed E-state index contributed by atoms with van der Waals surface area (Å²) >= 11 is 0. The van der Waals surface area contributed by atoms with Crippen LogP contribution in [0.4, 0.5) is 19.0 Å². The monoisotopic (exact) mass is 482 g/mol. The summed E-state index contributed by atoms with van der Waals surface area (Å²) in [6, 6.07) is 14.0. The van der Waals surface area contributed by atoms with Crippen molar-refractivity contribution in [3.05, 3.63) is 80.0 Å². The number of nitriles is 1. The summed E-state index contributed by atoms with van der Waals surface area (Å²) in [7, 11) is 3.37. The molecule has 0 radical (unpaired) electrons. The molecule has 2 heterocycles. The first kappa shape index (κ1) is 23.6. The summed E-state index contributed by atoms with van der Waals surface area (Å²) in [6.45, 7) is 1.35. The van der Waals surface area contributed by atoms with E-state index in [9.17, 15) is 18.0 Å². The van der Waals surface area contributed by atoms with Gasteiger partial charge in [-0.1, -0.05) is 10.9 Å². The summed E-state index contributed by atoms with van der Waals surface area (Å²) in [4.78, 5) is 21.9. The predicted octanol–water partition coefficient (Wildman–Crippen LogP) is 4.27. The number of aromatic nitrogens is 2. The highest BCUT2D eigenvalue weighted by Gasteiger charge is 2.34. The fraction of sp³-hybridized carbons (Fsp3) is 0.250. The summed E-state index contributed by atoms with van der Waals surface area (Å²) in [5.41, 5.74) is -0.910. The molecule has 1 aliphatic heterocycles. The second-order valence-corrected chi connectivity index (χ2v) is 7.68. The van der Waals surface area contributed by atoms with E-state index in [1.807, 2.05) is 11.9 Å². The molecular weight excluding hydrogens is 463 g/mol. The van der Waals surface area contributed by atoms with Gasteiger partial charge < -0.3 is 14.4 Å². The largest absolute Gasteiger partial charge is 0.473 e. The maximum Gasteiger partial charge on any atom is 0.417 e. The minimum atomic E-state index is -4.70. The van der Waals surface area contributed by atoms with Gasteiger partial charge in [-0.15, -0.1) is 0 Å². The summed E-state index contributed by atoms with van der Waals surface area (Å²) < 4.78 is 52.8. The van der Waals surface area contributed by atoms with Crippen LogP contribution in [-0.4, -0.2) is 30.2 Å². The topological polar surface area (TPSA) is 84.7 Å². The van der Waals surface area contributed by atoms with Crippen LogP contribution in [0.1, 0.15) is 22.3 Å². The Morgan fingerprint density at radius 2 is 1.94 bits per heavy atom. The number of ether oxygens (including phenoxy) is 2. The van der Waals surface area contributed by atoms with Gasteiger partial charge in [0, 0.05) is 26.2 Å². The second-order valence-electron chi connectivity index (χ2n) is 7.68. The lowest BCUT2D eigenvalue weighted by molar-refractivity contribution is -0.137. The van der Waals surface area contributed by atoms with Gasteiger partial charge in [-0.25, -0.2) is 4.79 Å². The van der Waals surface area contributed by atoms with Crippen LogP contribution in [0.2, 0.25) is 0 Å². The van der Waals surface area contributed by atoms with E-state index in [1.54, 1.807) is 28.8 Å². The average molecular weight is 482 g/mol. The molecule has 1 aromatic heterocycles. The van der Waals surface area contributed by atoms with Crippen molar-refractivity contribution in [2.24, 2.45) is 0 Å². The Kier molecular flexibility index (Phi) is 6.34. The van der Waals surface area contributed by atoms with Gasteiger partial charge in [0.15, 0.2) is 0 Å². The lowest BCUT2D eigenvalue weighted by Crippen LogP contribution is -2.22.